The topological polar surface area (TPSA) is 38.9 Å². The number of aromatic nitrogens is 2. The van der Waals surface area contributed by atoms with Crippen molar-refractivity contribution in [3.05, 3.63) is 64.7 Å². The van der Waals surface area contributed by atoms with Crippen LogP contribution in [0.4, 0.5) is 13.2 Å². The van der Waals surface area contributed by atoms with Gasteiger partial charge in [-0.15, -0.1) is 10.2 Å². The molecule has 3 aromatic rings. The van der Waals surface area contributed by atoms with Crippen LogP contribution in [0.15, 0.2) is 58.2 Å². The highest BCUT2D eigenvalue weighted by Crippen LogP contribution is 2.31. The maximum atomic E-state index is 12.7. The van der Waals surface area contributed by atoms with Gasteiger partial charge in [0.25, 0.3) is 5.22 Å². The van der Waals surface area contributed by atoms with Gasteiger partial charge in [0.05, 0.1) is 5.56 Å². The van der Waals surface area contributed by atoms with Crippen molar-refractivity contribution in [1.82, 2.24) is 10.2 Å². The van der Waals surface area contributed by atoms with Gasteiger partial charge in [-0.1, -0.05) is 47.6 Å². The van der Waals surface area contributed by atoms with Crippen molar-refractivity contribution in [2.45, 2.75) is 17.2 Å². The van der Waals surface area contributed by atoms with Gasteiger partial charge in [-0.25, -0.2) is 0 Å². The van der Waals surface area contributed by atoms with E-state index in [1.165, 1.54) is 17.8 Å². The van der Waals surface area contributed by atoms with Crippen molar-refractivity contribution < 1.29 is 17.6 Å². The molecule has 0 atom stereocenters. The van der Waals surface area contributed by atoms with Crippen LogP contribution >= 0.6 is 23.4 Å². The Hall–Kier alpha value is -1.99. The monoisotopic (exact) mass is 370 g/mol. The van der Waals surface area contributed by atoms with E-state index in [4.69, 9.17) is 16.0 Å². The number of hydrogen-bond donors (Lipinski definition) is 0. The quantitative estimate of drug-likeness (QED) is 0.552. The van der Waals surface area contributed by atoms with Crippen molar-refractivity contribution in [3.8, 4) is 11.5 Å². The van der Waals surface area contributed by atoms with Crippen molar-refractivity contribution in [3.63, 3.8) is 0 Å². The molecular formula is C16H10ClF3N2OS. The van der Waals surface area contributed by atoms with E-state index in [0.29, 0.717) is 27.8 Å². The second-order valence-electron chi connectivity index (χ2n) is 4.87. The summed E-state index contributed by atoms with van der Waals surface area (Å²) in [6, 6.07) is 12.1. The number of rotatable bonds is 4. The molecule has 0 fully saturated rings. The first kappa shape index (κ1) is 16.9. The lowest BCUT2D eigenvalue weighted by Gasteiger charge is -2.07. The fraction of sp³-hybridized carbons (Fsp3) is 0.125. The summed E-state index contributed by atoms with van der Waals surface area (Å²) in [6.45, 7) is 0. The smallest absolute Gasteiger partial charge is 0.411 e. The maximum Gasteiger partial charge on any atom is 0.416 e. The van der Waals surface area contributed by atoms with Crippen molar-refractivity contribution in [2.24, 2.45) is 0 Å². The largest absolute Gasteiger partial charge is 0.416 e. The molecule has 0 N–H and O–H groups in total. The van der Waals surface area contributed by atoms with E-state index in [9.17, 15) is 13.2 Å². The van der Waals surface area contributed by atoms with Crippen LogP contribution in [0.2, 0.25) is 5.02 Å². The average Bonchev–Trinajstić information content (AvgIpc) is 3.01. The fourth-order valence-electron chi connectivity index (χ4n) is 1.99. The molecule has 0 spiro atoms. The average molecular weight is 371 g/mol. The number of benzene rings is 2. The highest BCUT2D eigenvalue weighted by Gasteiger charge is 2.30. The predicted molar refractivity (Wildman–Crippen MR) is 85.7 cm³/mol. The minimum Gasteiger partial charge on any atom is -0.411 e. The van der Waals surface area contributed by atoms with E-state index in [0.717, 1.165) is 12.1 Å². The first-order valence-corrected chi connectivity index (χ1v) is 8.16. The third-order valence-corrected chi connectivity index (χ3v) is 4.22. The number of nitrogens with zero attached hydrogens (tertiary/aromatic N) is 2. The third-order valence-electron chi connectivity index (χ3n) is 3.09. The zero-order chi connectivity index (χ0) is 17.2. The van der Waals surface area contributed by atoms with E-state index in [1.807, 2.05) is 0 Å². The summed E-state index contributed by atoms with van der Waals surface area (Å²) in [5.41, 5.74) is 0.531. The predicted octanol–water partition coefficient (Wildman–Crippen LogP) is 5.70. The van der Waals surface area contributed by atoms with Crippen LogP contribution in [0.1, 0.15) is 11.1 Å². The van der Waals surface area contributed by atoms with Crippen molar-refractivity contribution >= 4 is 23.4 Å². The molecule has 8 heteroatoms. The molecule has 3 nitrogen and oxygen atoms in total. The van der Waals surface area contributed by atoms with Gasteiger partial charge in [0, 0.05) is 16.3 Å². The van der Waals surface area contributed by atoms with E-state index in [-0.39, 0.29) is 5.22 Å². The minimum absolute atomic E-state index is 0.280. The Balaban J connectivity index is 1.70. The molecule has 1 aromatic heterocycles. The van der Waals surface area contributed by atoms with Gasteiger partial charge in [0.15, 0.2) is 0 Å². The van der Waals surface area contributed by atoms with Gasteiger partial charge in [-0.3, -0.25) is 0 Å². The molecule has 0 radical (unpaired) electrons. The van der Waals surface area contributed by atoms with Gasteiger partial charge < -0.3 is 4.42 Å². The van der Waals surface area contributed by atoms with Crippen LogP contribution in [0.25, 0.3) is 11.5 Å². The highest BCUT2D eigenvalue weighted by atomic mass is 35.5. The normalized spacial score (nSPS) is 11.7. The minimum atomic E-state index is -4.36. The van der Waals surface area contributed by atoms with Crippen LogP contribution in [-0.2, 0) is 11.9 Å². The standard InChI is InChI=1S/C16H10ClF3N2OS/c17-13-6-2-4-11(8-13)14-21-22-15(23-14)24-9-10-3-1-5-12(7-10)16(18,19)20/h1-8H,9H2. The number of halogens is 4. The van der Waals surface area contributed by atoms with Crippen molar-refractivity contribution in [1.29, 1.82) is 0 Å². The summed E-state index contributed by atoms with van der Waals surface area (Å²) in [7, 11) is 0. The van der Waals surface area contributed by atoms with Gasteiger partial charge in [0.2, 0.25) is 5.89 Å². The van der Waals surface area contributed by atoms with Crippen molar-refractivity contribution in [2.75, 3.05) is 0 Å². The fourth-order valence-corrected chi connectivity index (χ4v) is 2.89. The summed E-state index contributed by atoms with van der Waals surface area (Å²) in [5, 5.41) is 8.64. The summed E-state index contributed by atoms with van der Waals surface area (Å²) >= 11 is 7.08. The van der Waals surface area contributed by atoms with Crippen LogP contribution in [0.3, 0.4) is 0 Å². The van der Waals surface area contributed by atoms with Gasteiger partial charge >= 0.3 is 6.18 Å². The van der Waals surface area contributed by atoms with E-state index >= 15 is 0 Å². The summed E-state index contributed by atoms with van der Waals surface area (Å²) in [5.74, 6) is 0.602. The summed E-state index contributed by atoms with van der Waals surface area (Å²) in [6.07, 6.45) is -4.36. The zero-order valence-corrected chi connectivity index (χ0v) is 13.6. The Kier molecular flexibility index (Phi) is 4.82. The second-order valence-corrected chi connectivity index (χ2v) is 6.23. The van der Waals surface area contributed by atoms with Gasteiger partial charge in [-0.05, 0) is 29.8 Å². The van der Waals surface area contributed by atoms with Crippen LogP contribution < -0.4 is 0 Å². The number of hydrogen-bond acceptors (Lipinski definition) is 4. The van der Waals surface area contributed by atoms with Crippen LogP contribution in [0, 0.1) is 0 Å². The lowest BCUT2D eigenvalue weighted by atomic mass is 10.1. The first-order valence-electron chi connectivity index (χ1n) is 6.80. The molecule has 0 saturated carbocycles. The first-order chi connectivity index (χ1) is 11.4. The Morgan fingerprint density at radius 3 is 2.58 bits per heavy atom. The number of thioether (sulfide) groups is 1. The lowest BCUT2D eigenvalue weighted by Crippen LogP contribution is -2.04. The molecule has 3 rings (SSSR count). The Morgan fingerprint density at radius 2 is 1.83 bits per heavy atom. The maximum absolute atomic E-state index is 12.7. The zero-order valence-electron chi connectivity index (χ0n) is 12.0. The molecule has 2 aromatic carbocycles. The molecule has 0 aliphatic carbocycles. The SMILES string of the molecule is FC(F)(F)c1cccc(CSc2nnc(-c3cccc(Cl)c3)o2)c1. The molecule has 0 amide bonds. The summed E-state index contributed by atoms with van der Waals surface area (Å²) < 4.78 is 43.6. The second kappa shape index (κ2) is 6.86. The lowest BCUT2D eigenvalue weighted by molar-refractivity contribution is -0.137. The molecule has 0 aliphatic heterocycles. The van der Waals surface area contributed by atoms with E-state index in [2.05, 4.69) is 10.2 Å². The molecule has 24 heavy (non-hydrogen) atoms. The molecule has 0 unspecified atom stereocenters. The van der Waals surface area contributed by atoms with Crippen LogP contribution in [-0.4, -0.2) is 10.2 Å². The Bertz CT molecular complexity index is 851. The molecule has 1 heterocycles. The van der Waals surface area contributed by atoms with Gasteiger partial charge in [-0.2, -0.15) is 13.2 Å². The van der Waals surface area contributed by atoms with Crippen LogP contribution in [0.5, 0.6) is 0 Å². The number of alkyl halides is 3. The summed E-state index contributed by atoms with van der Waals surface area (Å²) in [4.78, 5) is 0. The Labute approximate surface area is 144 Å². The molecule has 0 aliphatic rings. The highest BCUT2D eigenvalue weighted by molar-refractivity contribution is 7.98. The van der Waals surface area contributed by atoms with E-state index < -0.39 is 11.7 Å². The molecule has 0 bridgehead atoms. The molecule has 0 saturated heterocycles. The molecule has 124 valence electrons. The van der Waals surface area contributed by atoms with E-state index in [1.54, 1.807) is 30.3 Å². The van der Waals surface area contributed by atoms with Gasteiger partial charge in [0.1, 0.15) is 0 Å². The Morgan fingerprint density at radius 1 is 1.04 bits per heavy atom. The molecular weight excluding hydrogens is 361 g/mol. The third kappa shape index (κ3) is 4.10.